The Morgan fingerprint density at radius 1 is 1.25 bits per heavy atom. The van der Waals surface area contributed by atoms with E-state index in [-0.39, 0.29) is 35.1 Å². The third kappa shape index (κ3) is 5.58. The van der Waals surface area contributed by atoms with Gasteiger partial charge in [0.05, 0.1) is 34.5 Å². The second-order valence-corrected chi connectivity index (χ2v) is 10.9. The van der Waals surface area contributed by atoms with Crippen molar-refractivity contribution >= 4 is 51.3 Å². The zero-order valence-electron chi connectivity index (χ0n) is 17.7. The fourth-order valence-corrected chi connectivity index (χ4v) is 4.93. The Labute approximate surface area is 197 Å². The van der Waals surface area contributed by atoms with E-state index < -0.39 is 44.8 Å². The molecule has 0 saturated heterocycles. The Morgan fingerprint density at radius 2 is 1.84 bits per heavy atom. The van der Waals surface area contributed by atoms with Crippen molar-refractivity contribution in [3.05, 3.63) is 58.4 Å². The predicted octanol–water partition coefficient (Wildman–Crippen LogP) is 3.08. The smallest absolute Gasteiger partial charge is 0.254 e. The van der Waals surface area contributed by atoms with Crippen molar-refractivity contribution in [3.63, 3.8) is 0 Å². The highest BCUT2D eigenvalue weighted by molar-refractivity contribution is 7.91. The van der Waals surface area contributed by atoms with Gasteiger partial charge in [0.15, 0.2) is 9.84 Å². The molecule has 7 nitrogen and oxygen atoms in total. The summed E-state index contributed by atoms with van der Waals surface area (Å²) in [6.07, 6.45) is 0. The molecule has 2 aromatic rings. The van der Waals surface area contributed by atoms with Crippen LogP contribution in [-0.4, -0.2) is 37.6 Å². The molecule has 2 amide bonds. The van der Waals surface area contributed by atoms with Crippen LogP contribution >= 0.6 is 24.0 Å². The molecule has 1 aliphatic heterocycles. The molecule has 2 aromatic carbocycles. The molecule has 1 atom stereocenters. The van der Waals surface area contributed by atoms with Crippen molar-refractivity contribution in [2.45, 2.75) is 43.8 Å². The lowest BCUT2D eigenvalue weighted by Gasteiger charge is -2.25. The fraction of sp³-hybridized carbons (Fsp3) is 0.333. The van der Waals surface area contributed by atoms with E-state index in [0.29, 0.717) is 10.6 Å². The van der Waals surface area contributed by atoms with Crippen LogP contribution in [0.2, 0.25) is 5.02 Å². The predicted molar refractivity (Wildman–Crippen MR) is 124 cm³/mol. The number of nitrogens with two attached hydrogens (primary N) is 1. The van der Waals surface area contributed by atoms with Gasteiger partial charge >= 0.3 is 0 Å². The molecule has 0 radical (unpaired) electrons. The summed E-state index contributed by atoms with van der Waals surface area (Å²) in [5, 5.41) is 3.13. The van der Waals surface area contributed by atoms with Crippen molar-refractivity contribution in [2.75, 3.05) is 10.7 Å². The van der Waals surface area contributed by atoms with Crippen LogP contribution in [0.1, 0.15) is 36.7 Å². The molecule has 0 spiro atoms. The molecule has 3 N–H and O–H groups in total. The molecule has 1 heterocycles. The number of sulfone groups is 1. The van der Waals surface area contributed by atoms with Gasteiger partial charge in [0, 0.05) is 10.6 Å². The number of carbonyl (C=O) groups is 2. The summed E-state index contributed by atoms with van der Waals surface area (Å²) in [4.78, 5) is 26.4. The van der Waals surface area contributed by atoms with Gasteiger partial charge in [-0.3, -0.25) is 9.59 Å². The standard InChI is InChI=1S/C21H23ClFN3O4S.ClH/c1-21(2,3)25-19(27)14-8-17-18(9-15(14)23)31(29,30)11-16(24)20(28)26(17)10-12-4-6-13(22)7-5-12;/h4-9,16H,10-11,24H2,1-3H3,(H,25,27);1H/t16-;/m0./s1. The van der Waals surface area contributed by atoms with Gasteiger partial charge in [-0.15, -0.1) is 12.4 Å². The average Bonchev–Trinajstić information content (AvgIpc) is 2.70. The molecule has 1 aliphatic rings. The number of amides is 2. The zero-order chi connectivity index (χ0) is 23.1. The van der Waals surface area contributed by atoms with Crippen molar-refractivity contribution < 1.29 is 22.4 Å². The summed E-state index contributed by atoms with van der Waals surface area (Å²) < 4.78 is 40.4. The van der Waals surface area contributed by atoms with E-state index >= 15 is 0 Å². The van der Waals surface area contributed by atoms with Crippen molar-refractivity contribution in [1.29, 1.82) is 0 Å². The van der Waals surface area contributed by atoms with Crippen LogP contribution in [0.15, 0.2) is 41.3 Å². The summed E-state index contributed by atoms with van der Waals surface area (Å²) >= 11 is 5.91. The summed E-state index contributed by atoms with van der Waals surface area (Å²) in [6, 6.07) is 7.15. The van der Waals surface area contributed by atoms with E-state index in [1.165, 1.54) is 4.90 Å². The minimum Gasteiger partial charge on any atom is -0.347 e. The number of rotatable bonds is 3. The van der Waals surface area contributed by atoms with Gasteiger partial charge in [0.25, 0.3) is 5.91 Å². The molecule has 174 valence electrons. The van der Waals surface area contributed by atoms with E-state index in [1.54, 1.807) is 45.0 Å². The monoisotopic (exact) mass is 503 g/mol. The van der Waals surface area contributed by atoms with E-state index in [0.717, 1.165) is 12.1 Å². The normalized spacial score (nSPS) is 17.8. The third-order valence-electron chi connectivity index (χ3n) is 4.64. The van der Waals surface area contributed by atoms with Gasteiger partial charge in [-0.05, 0) is 50.6 Å². The van der Waals surface area contributed by atoms with Crippen LogP contribution in [0, 0.1) is 5.82 Å². The number of hydrogen-bond donors (Lipinski definition) is 2. The number of halogens is 3. The first kappa shape index (κ1) is 26.1. The second kappa shape index (κ2) is 9.35. The largest absolute Gasteiger partial charge is 0.347 e. The Kier molecular flexibility index (Phi) is 7.61. The molecule has 0 fully saturated rings. The first-order valence-electron chi connectivity index (χ1n) is 9.49. The molecule has 0 unspecified atom stereocenters. The number of hydrogen-bond acceptors (Lipinski definition) is 5. The highest BCUT2D eigenvalue weighted by atomic mass is 35.5. The second-order valence-electron chi connectivity index (χ2n) is 8.44. The summed E-state index contributed by atoms with van der Waals surface area (Å²) in [7, 11) is -4.07. The Hall–Kier alpha value is -2.20. The molecule has 3 rings (SSSR count). The summed E-state index contributed by atoms with van der Waals surface area (Å²) in [5.74, 6) is -3.04. The summed E-state index contributed by atoms with van der Waals surface area (Å²) in [6.45, 7) is 5.16. The SMILES string of the molecule is CC(C)(C)NC(=O)c1cc2c(cc1F)S(=O)(=O)C[C@H](N)C(=O)N2Cc1ccc(Cl)cc1.Cl. The number of nitrogens with one attached hydrogen (secondary N) is 1. The lowest BCUT2D eigenvalue weighted by atomic mass is 10.1. The minimum atomic E-state index is -4.07. The Bertz CT molecular complexity index is 1150. The molecule has 0 saturated carbocycles. The summed E-state index contributed by atoms with van der Waals surface area (Å²) in [5.41, 5.74) is 5.40. The first-order valence-corrected chi connectivity index (χ1v) is 11.5. The minimum absolute atomic E-state index is 0. The van der Waals surface area contributed by atoms with E-state index in [4.69, 9.17) is 17.3 Å². The fourth-order valence-electron chi connectivity index (χ4n) is 3.24. The van der Waals surface area contributed by atoms with Gasteiger partial charge in [0.2, 0.25) is 5.91 Å². The lowest BCUT2D eigenvalue weighted by molar-refractivity contribution is -0.119. The highest BCUT2D eigenvalue weighted by Crippen LogP contribution is 2.34. The molecule has 0 aromatic heterocycles. The topological polar surface area (TPSA) is 110 Å². The molecule has 11 heteroatoms. The van der Waals surface area contributed by atoms with Crippen LogP contribution in [0.5, 0.6) is 0 Å². The molecule has 0 bridgehead atoms. The lowest BCUT2D eigenvalue weighted by Crippen LogP contribution is -2.45. The molecular formula is C21H24Cl2FN3O4S. The number of fused-ring (bicyclic) bond motifs is 1. The Balaban J connectivity index is 0.00000363. The van der Waals surface area contributed by atoms with E-state index in [9.17, 15) is 22.4 Å². The van der Waals surface area contributed by atoms with Crippen molar-refractivity contribution in [3.8, 4) is 0 Å². The zero-order valence-corrected chi connectivity index (χ0v) is 20.1. The van der Waals surface area contributed by atoms with Crippen LogP contribution < -0.4 is 16.0 Å². The van der Waals surface area contributed by atoms with Crippen LogP contribution in [0.25, 0.3) is 0 Å². The number of nitrogens with zero attached hydrogens (tertiary/aromatic N) is 1. The van der Waals surface area contributed by atoms with Gasteiger partial charge < -0.3 is 16.0 Å². The molecule has 0 aliphatic carbocycles. The molecule has 32 heavy (non-hydrogen) atoms. The number of benzene rings is 2. The van der Waals surface area contributed by atoms with Crippen molar-refractivity contribution in [1.82, 2.24) is 5.32 Å². The van der Waals surface area contributed by atoms with Gasteiger partial charge in [0.1, 0.15) is 5.82 Å². The maximum atomic E-state index is 14.8. The number of anilines is 1. The van der Waals surface area contributed by atoms with Crippen molar-refractivity contribution in [2.24, 2.45) is 5.73 Å². The van der Waals surface area contributed by atoms with E-state index in [1.807, 2.05) is 0 Å². The number of carbonyl (C=O) groups excluding carboxylic acids is 2. The maximum absolute atomic E-state index is 14.8. The van der Waals surface area contributed by atoms with Gasteiger partial charge in [-0.2, -0.15) is 0 Å². The molecular weight excluding hydrogens is 480 g/mol. The average molecular weight is 504 g/mol. The van der Waals surface area contributed by atoms with Gasteiger partial charge in [-0.1, -0.05) is 23.7 Å². The quantitative estimate of drug-likeness (QED) is 0.668. The van der Waals surface area contributed by atoms with Crippen LogP contribution in [-0.2, 0) is 21.2 Å². The third-order valence-corrected chi connectivity index (χ3v) is 6.69. The van der Waals surface area contributed by atoms with Crippen LogP contribution in [0.4, 0.5) is 10.1 Å². The maximum Gasteiger partial charge on any atom is 0.254 e. The highest BCUT2D eigenvalue weighted by Gasteiger charge is 2.37. The van der Waals surface area contributed by atoms with Crippen LogP contribution in [0.3, 0.4) is 0 Å². The Morgan fingerprint density at radius 3 is 2.41 bits per heavy atom. The first-order chi connectivity index (χ1) is 14.3. The van der Waals surface area contributed by atoms with Gasteiger partial charge in [-0.25, -0.2) is 12.8 Å². The van der Waals surface area contributed by atoms with E-state index in [2.05, 4.69) is 5.32 Å².